The fourth-order valence-corrected chi connectivity index (χ4v) is 2.20. The van der Waals surface area contributed by atoms with Crippen LogP contribution in [0.3, 0.4) is 0 Å². The zero-order chi connectivity index (χ0) is 14.6. The van der Waals surface area contributed by atoms with E-state index in [4.69, 9.17) is 11.6 Å². The molecule has 0 aromatic heterocycles. The van der Waals surface area contributed by atoms with Crippen LogP contribution in [0, 0.1) is 5.82 Å². The van der Waals surface area contributed by atoms with Crippen molar-refractivity contribution < 1.29 is 9.50 Å². The number of aliphatic hydroxyl groups excluding tert-OH is 1. The quantitative estimate of drug-likeness (QED) is 0.877. The molecule has 0 heterocycles. The van der Waals surface area contributed by atoms with Crippen molar-refractivity contribution in [3.8, 4) is 0 Å². The lowest BCUT2D eigenvalue weighted by Gasteiger charge is -2.30. The normalized spacial score (nSPS) is 13.8. The Morgan fingerprint density at radius 1 is 1.10 bits per heavy atom. The summed E-state index contributed by atoms with van der Waals surface area (Å²) < 4.78 is 12.9. The molecular weight excluding hydrogens is 277 g/mol. The summed E-state index contributed by atoms with van der Waals surface area (Å²) in [5, 5.41) is 13.6. The predicted octanol–water partition coefficient (Wildman–Crippen LogP) is 3.88. The second-order valence-corrected chi connectivity index (χ2v) is 5.59. The number of halogens is 2. The van der Waals surface area contributed by atoms with E-state index in [9.17, 15) is 9.50 Å². The molecule has 1 atom stereocenters. The second-order valence-electron chi connectivity index (χ2n) is 5.15. The van der Waals surface area contributed by atoms with Crippen LogP contribution in [-0.2, 0) is 6.42 Å². The van der Waals surface area contributed by atoms with Crippen LogP contribution in [-0.4, -0.2) is 17.3 Å². The van der Waals surface area contributed by atoms with Gasteiger partial charge in [-0.05, 0) is 55.3 Å². The van der Waals surface area contributed by atoms with Crippen LogP contribution in [0.5, 0.6) is 0 Å². The van der Waals surface area contributed by atoms with E-state index >= 15 is 0 Å². The molecule has 0 saturated heterocycles. The van der Waals surface area contributed by atoms with Gasteiger partial charge in [-0.3, -0.25) is 0 Å². The summed E-state index contributed by atoms with van der Waals surface area (Å²) in [4.78, 5) is 0. The summed E-state index contributed by atoms with van der Waals surface area (Å²) in [6.45, 7) is 1.89. The van der Waals surface area contributed by atoms with Gasteiger partial charge in [0.25, 0.3) is 0 Å². The molecule has 0 saturated carbocycles. The average Bonchev–Trinajstić information content (AvgIpc) is 2.44. The molecule has 2 nitrogen and oxygen atoms in total. The van der Waals surface area contributed by atoms with Gasteiger partial charge in [0.15, 0.2) is 0 Å². The molecule has 0 aliphatic rings. The molecule has 1 unspecified atom stereocenters. The minimum absolute atomic E-state index is 0.0347. The summed E-state index contributed by atoms with van der Waals surface area (Å²) in [5.41, 5.74) is 1.32. The van der Waals surface area contributed by atoms with Crippen molar-refractivity contribution >= 4 is 17.3 Å². The third-order valence-electron chi connectivity index (χ3n) is 3.15. The maximum absolute atomic E-state index is 12.9. The average molecular weight is 294 g/mol. The fourth-order valence-electron chi connectivity index (χ4n) is 2.07. The largest absolute Gasteiger partial charge is 0.394 e. The van der Waals surface area contributed by atoms with Crippen molar-refractivity contribution in [2.45, 2.75) is 18.9 Å². The highest BCUT2D eigenvalue weighted by molar-refractivity contribution is 6.30. The van der Waals surface area contributed by atoms with Crippen molar-refractivity contribution in [2.24, 2.45) is 0 Å². The van der Waals surface area contributed by atoms with Crippen LogP contribution in [0.2, 0.25) is 5.02 Å². The highest BCUT2D eigenvalue weighted by Gasteiger charge is 2.23. The van der Waals surface area contributed by atoms with Gasteiger partial charge in [0.2, 0.25) is 0 Å². The van der Waals surface area contributed by atoms with E-state index in [1.807, 2.05) is 31.2 Å². The monoisotopic (exact) mass is 293 g/mol. The molecule has 20 heavy (non-hydrogen) atoms. The number of nitrogens with one attached hydrogen (secondary N) is 1. The van der Waals surface area contributed by atoms with Crippen LogP contribution < -0.4 is 5.32 Å². The molecule has 0 amide bonds. The van der Waals surface area contributed by atoms with Gasteiger partial charge in [0, 0.05) is 10.7 Å². The van der Waals surface area contributed by atoms with Gasteiger partial charge in [-0.15, -0.1) is 0 Å². The van der Waals surface area contributed by atoms with Gasteiger partial charge >= 0.3 is 0 Å². The topological polar surface area (TPSA) is 32.3 Å². The van der Waals surface area contributed by atoms with E-state index in [1.54, 1.807) is 12.1 Å². The molecule has 106 valence electrons. The molecule has 2 aromatic carbocycles. The Morgan fingerprint density at radius 3 is 2.25 bits per heavy atom. The van der Waals surface area contributed by atoms with Crippen LogP contribution in [0.15, 0.2) is 48.5 Å². The van der Waals surface area contributed by atoms with Crippen LogP contribution in [0.4, 0.5) is 10.1 Å². The number of benzene rings is 2. The molecule has 0 bridgehead atoms. The molecular formula is C16H17ClFNO. The Labute approximate surface area is 123 Å². The van der Waals surface area contributed by atoms with Gasteiger partial charge in [0.1, 0.15) is 5.82 Å². The summed E-state index contributed by atoms with van der Waals surface area (Å²) in [7, 11) is 0. The zero-order valence-corrected chi connectivity index (χ0v) is 12.0. The van der Waals surface area contributed by atoms with Crippen molar-refractivity contribution in [3.05, 3.63) is 64.9 Å². The predicted molar refractivity (Wildman–Crippen MR) is 80.7 cm³/mol. The summed E-state index contributed by atoms with van der Waals surface area (Å²) >= 11 is 5.86. The van der Waals surface area contributed by atoms with Crippen LogP contribution in [0.1, 0.15) is 12.5 Å². The second kappa shape index (κ2) is 6.25. The van der Waals surface area contributed by atoms with E-state index in [0.29, 0.717) is 11.4 Å². The maximum atomic E-state index is 12.9. The number of anilines is 1. The summed E-state index contributed by atoms with van der Waals surface area (Å²) in [6.07, 6.45) is 0.637. The Balaban J connectivity index is 2.12. The standard InChI is InChI=1S/C16H17ClFNO/c1-16(11-20,10-12-2-4-13(17)5-3-12)19-15-8-6-14(18)7-9-15/h2-9,19-20H,10-11H2,1H3. The van der Waals surface area contributed by atoms with Crippen molar-refractivity contribution in [3.63, 3.8) is 0 Å². The maximum Gasteiger partial charge on any atom is 0.123 e. The molecule has 0 aliphatic carbocycles. The first kappa shape index (κ1) is 14.8. The van der Waals surface area contributed by atoms with Gasteiger partial charge in [-0.2, -0.15) is 0 Å². The van der Waals surface area contributed by atoms with E-state index in [2.05, 4.69) is 5.32 Å². The number of aliphatic hydroxyl groups is 1. The fraction of sp³-hybridized carbons (Fsp3) is 0.250. The third kappa shape index (κ3) is 3.95. The van der Waals surface area contributed by atoms with E-state index in [1.165, 1.54) is 12.1 Å². The van der Waals surface area contributed by atoms with Gasteiger partial charge in [-0.25, -0.2) is 4.39 Å². The van der Waals surface area contributed by atoms with Crippen molar-refractivity contribution in [1.29, 1.82) is 0 Å². The first-order valence-corrected chi connectivity index (χ1v) is 6.78. The van der Waals surface area contributed by atoms with Crippen LogP contribution in [0.25, 0.3) is 0 Å². The first-order valence-electron chi connectivity index (χ1n) is 6.40. The Bertz CT molecular complexity index is 506. The van der Waals surface area contributed by atoms with Crippen LogP contribution >= 0.6 is 11.6 Å². The van der Waals surface area contributed by atoms with E-state index < -0.39 is 5.54 Å². The molecule has 2 N–H and O–H groups in total. The Kier molecular flexibility index (Phi) is 4.63. The third-order valence-corrected chi connectivity index (χ3v) is 3.40. The van der Waals surface area contributed by atoms with E-state index in [-0.39, 0.29) is 12.4 Å². The lowest BCUT2D eigenvalue weighted by molar-refractivity contribution is 0.222. The molecule has 2 aromatic rings. The molecule has 4 heteroatoms. The molecule has 0 spiro atoms. The zero-order valence-electron chi connectivity index (χ0n) is 11.2. The number of hydrogen-bond acceptors (Lipinski definition) is 2. The number of hydrogen-bond donors (Lipinski definition) is 2. The molecule has 2 rings (SSSR count). The van der Waals surface area contributed by atoms with Gasteiger partial charge in [0.05, 0.1) is 12.1 Å². The summed E-state index contributed by atoms with van der Waals surface area (Å²) in [5.74, 6) is -0.279. The lowest BCUT2D eigenvalue weighted by atomic mass is 9.93. The smallest absolute Gasteiger partial charge is 0.123 e. The minimum atomic E-state index is -0.522. The highest BCUT2D eigenvalue weighted by atomic mass is 35.5. The molecule has 0 radical (unpaired) electrons. The Morgan fingerprint density at radius 2 is 1.70 bits per heavy atom. The lowest BCUT2D eigenvalue weighted by Crippen LogP contribution is -2.41. The SMILES string of the molecule is CC(CO)(Cc1ccc(Cl)cc1)Nc1ccc(F)cc1. The number of rotatable bonds is 5. The van der Waals surface area contributed by atoms with Crippen molar-refractivity contribution in [2.75, 3.05) is 11.9 Å². The minimum Gasteiger partial charge on any atom is -0.394 e. The first-order chi connectivity index (χ1) is 9.50. The van der Waals surface area contributed by atoms with E-state index in [0.717, 1.165) is 11.3 Å². The Hall–Kier alpha value is -1.58. The van der Waals surface area contributed by atoms with Gasteiger partial charge in [-0.1, -0.05) is 23.7 Å². The highest BCUT2D eigenvalue weighted by Crippen LogP contribution is 2.21. The summed E-state index contributed by atoms with van der Waals surface area (Å²) in [6, 6.07) is 13.6. The molecule has 0 fully saturated rings. The van der Waals surface area contributed by atoms with Gasteiger partial charge < -0.3 is 10.4 Å². The molecule has 0 aliphatic heterocycles. The van der Waals surface area contributed by atoms with Crippen molar-refractivity contribution in [1.82, 2.24) is 0 Å².